The molecule has 1 saturated heterocycles. The maximum absolute atomic E-state index is 12.9. The SMILES string of the molecule is OC1(Cc2cc(F)cc(F)c2)CCNC1. The number of hydrogen-bond acceptors (Lipinski definition) is 2. The van der Waals surface area contributed by atoms with E-state index >= 15 is 0 Å². The lowest BCUT2D eigenvalue weighted by molar-refractivity contribution is 0.0618. The largest absolute Gasteiger partial charge is 0.388 e. The maximum Gasteiger partial charge on any atom is 0.126 e. The summed E-state index contributed by atoms with van der Waals surface area (Å²) in [6, 6.07) is 3.36. The topological polar surface area (TPSA) is 32.3 Å². The fourth-order valence-electron chi connectivity index (χ4n) is 1.97. The van der Waals surface area contributed by atoms with E-state index in [0.29, 0.717) is 18.5 Å². The molecule has 1 aliphatic heterocycles. The van der Waals surface area contributed by atoms with Crippen molar-refractivity contribution < 1.29 is 13.9 Å². The summed E-state index contributed by atoms with van der Waals surface area (Å²) in [5.41, 5.74) is -0.362. The van der Waals surface area contributed by atoms with Crippen LogP contribution < -0.4 is 5.32 Å². The van der Waals surface area contributed by atoms with Crippen molar-refractivity contribution in [3.05, 3.63) is 35.4 Å². The highest BCUT2D eigenvalue weighted by Gasteiger charge is 2.31. The van der Waals surface area contributed by atoms with Crippen LogP contribution in [0.5, 0.6) is 0 Å². The van der Waals surface area contributed by atoms with E-state index in [1.165, 1.54) is 12.1 Å². The predicted octanol–water partition coefficient (Wildman–Crippen LogP) is 1.23. The molecule has 0 radical (unpaired) electrons. The zero-order valence-electron chi connectivity index (χ0n) is 8.26. The minimum Gasteiger partial charge on any atom is -0.388 e. The van der Waals surface area contributed by atoms with Gasteiger partial charge in [0.25, 0.3) is 0 Å². The van der Waals surface area contributed by atoms with E-state index in [1.807, 2.05) is 0 Å². The third-order valence-corrected chi connectivity index (χ3v) is 2.68. The third kappa shape index (κ3) is 2.52. The van der Waals surface area contributed by atoms with Crippen molar-refractivity contribution in [2.75, 3.05) is 13.1 Å². The van der Waals surface area contributed by atoms with Gasteiger partial charge in [-0.1, -0.05) is 0 Å². The highest BCUT2D eigenvalue weighted by molar-refractivity contribution is 5.20. The Bertz CT molecular complexity index is 341. The Morgan fingerprint density at radius 3 is 2.47 bits per heavy atom. The molecule has 1 fully saturated rings. The summed E-state index contributed by atoms with van der Waals surface area (Å²) in [6.07, 6.45) is 0.903. The van der Waals surface area contributed by atoms with Gasteiger partial charge in [-0.15, -0.1) is 0 Å². The minimum atomic E-state index is -0.861. The molecule has 1 atom stereocenters. The van der Waals surface area contributed by atoms with Gasteiger partial charge in [-0.3, -0.25) is 0 Å². The lowest BCUT2D eigenvalue weighted by atomic mass is 9.94. The van der Waals surface area contributed by atoms with Crippen LogP contribution >= 0.6 is 0 Å². The van der Waals surface area contributed by atoms with E-state index in [-0.39, 0.29) is 6.42 Å². The molecule has 1 aliphatic rings. The van der Waals surface area contributed by atoms with E-state index in [1.54, 1.807) is 0 Å². The Hall–Kier alpha value is -1.00. The van der Waals surface area contributed by atoms with Crippen LogP contribution in [0.1, 0.15) is 12.0 Å². The Kier molecular flexibility index (Phi) is 2.71. The standard InChI is InChI=1S/C11H13F2NO/c12-9-3-8(4-10(13)5-9)6-11(15)1-2-14-7-11/h3-5,14-15H,1-2,6-7H2. The Labute approximate surface area is 86.9 Å². The van der Waals surface area contributed by atoms with E-state index in [9.17, 15) is 13.9 Å². The normalized spacial score (nSPS) is 25.8. The van der Waals surface area contributed by atoms with E-state index < -0.39 is 17.2 Å². The number of hydrogen-bond donors (Lipinski definition) is 2. The van der Waals surface area contributed by atoms with Crippen molar-refractivity contribution in [2.24, 2.45) is 0 Å². The summed E-state index contributed by atoms with van der Waals surface area (Å²) < 4.78 is 25.8. The molecule has 1 aromatic carbocycles. The molecule has 2 rings (SSSR count). The highest BCUT2D eigenvalue weighted by Crippen LogP contribution is 2.21. The van der Waals surface area contributed by atoms with Crippen molar-refractivity contribution in [1.29, 1.82) is 0 Å². The van der Waals surface area contributed by atoms with Gasteiger partial charge in [0.2, 0.25) is 0 Å². The smallest absolute Gasteiger partial charge is 0.126 e. The highest BCUT2D eigenvalue weighted by atomic mass is 19.1. The first-order valence-corrected chi connectivity index (χ1v) is 4.95. The first-order valence-electron chi connectivity index (χ1n) is 4.95. The summed E-state index contributed by atoms with van der Waals surface area (Å²) in [4.78, 5) is 0. The van der Waals surface area contributed by atoms with Gasteiger partial charge in [0.15, 0.2) is 0 Å². The van der Waals surface area contributed by atoms with Crippen LogP contribution in [0.3, 0.4) is 0 Å². The first kappa shape index (κ1) is 10.5. The lowest BCUT2D eigenvalue weighted by Crippen LogP contribution is -2.33. The molecule has 0 bridgehead atoms. The molecule has 0 aromatic heterocycles. The van der Waals surface area contributed by atoms with Gasteiger partial charge < -0.3 is 10.4 Å². The number of rotatable bonds is 2. The monoisotopic (exact) mass is 213 g/mol. The molecule has 0 aliphatic carbocycles. The second-order valence-corrected chi connectivity index (χ2v) is 4.11. The number of halogens is 2. The molecular formula is C11H13F2NO. The summed E-state index contributed by atoms with van der Waals surface area (Å²) >= 11 is 0. The quantitative estimate of drug-likeness (QED) is 0.774. The summed E-state index contributed by atoms with van der Waals surface area (Å²) in [7, 11) is 0. The number of β-amino-alcohol motifs (C(OH)–C–C–N with tert-alkyl or cyclic N) is 1. The van der Waals surface area contributed by atoms with Gasteiger partial charge in [-0.05, 0) is 30.7 Å². The van der Waals surface area contributed by atoms with Crippen LogP contribution in [0.2, 0.25) is 0 Å². The van der Waals surface area contributed by atoms with Gasteiger partial charge in [-0.25, -0.2) is 8.78 Å². The summed E-state index contributed by atoms with van der Waals surface area (Å²) in [5.74, 6) is -1.20. The third-order valence-electron chi connectivity index (χ3n) is 2.68. The van der Waals surface area contributed by atoms with Crippen LogP contribution in [-0.4, -0.2) is 23.8 Å². The molecule has 15 heavy (non-hydrogen) atoms. The van der Waals surface area contributed by atoms with Crippen molar-refractivity contribution in [1.82, 2.24) is 5.32 Å². The second-order valence-electron chi connectivity index (χ2n) is 4.11. The molecule has 0 amide bonds. The lowest BCUT2D eigenvalue weighted by Gasteiger charge is -2.21. The number of nitrogens with one attached hydrogen (secondary N) is 1. The van der Waals surface area contributed by atoms with Gasteiger partial charge >= 0.3 is 0 Å². The van der Waals surface area contributed by atoms with Crippen molar-refractivity contribution in [3.63, 3.8) is 0 Å². The van der Waals surface area contributed by atoms with Gasteiger partial charge in [0, 0.05) is 19.0 Å². The molecule has 1 unspecified atom stereocenters. The van der Waals surface area contributed by atoms with Crippen molar-refractivity contribution in [2.45, 2.75) is 18.4 Å². The molecular weight excluding hydrogens is 200 g/mol. The molecule has 2 nitrogen and oxygen atoms in total. The number of benzene rings is 1. The second kappa shape index (κ2) is 3.87. The Balaban J connectivity index is 2.16. The van der Waals surface area contributed by atoms with Gasteiger partial charge in [0.05, 0.1) is 5.60 Å². The molecule has 4 heteroatoms. The molecule has 0 saturated carbocycles. The van der Waals surface area contributed by atoms with E-state index in [2.05, 4.69) is 5.32 Å². The number of aliphatic hydroxyl groups is 1. The van der Waals surface area contributed by atoms with Crippen LogP contribution in [-0.2, 0) is 6.42 Å². The van der Waals surface area contributed by atoms with Gasteiger partial charge in [0.1, 0.15) is 11.6 Å². The summed E-state index contributed by atoms with van der Waals surface area (Å²) in [6.45, 7) is 1.22. The Morgan fingerprint density at radius 2 is 1.93 bits per heavy atom. The van der Waals surface area contributed by atoms with Crippen molar-refractivity contribution in [3.8, 4) is 0 Å². The predicted molar refractivity (Wildman–Crippen MR) is 52.5 cm³/mol. The average Bonchev–Trinajstić information content (AvgIpc) is 2.49. The van der Waals surface area contributed by atoms with E-state index in [0.717, 1.165) is 12.6 Å². The fourth-order valence-corrected chi connectivity index (χ4v) is 1.97. The van der Waals surface area contributed by atoms with Crippen LogP contribution in [0.15, 0.2) is 18.2 Å². The minimum absolute atomic E-state index is 0.286. The zero-order chi connectivity index (χ0) is 10.9. The van der Waals surface area contributed by atoms with Crippen LogP contribution in [0, 0.1) is 11.6 Å². The van der Waals surface area contributed by atoms with Crippen LogP contribution in [0.25, 0.3) is 0 Å². The fraction of sp³-hybridized carbons (Fsp3) is 0.455. The molecule has 1 heterocycles. The summed E-state index contributed by atoms with van der Waals surface area (Å²) in [5, 5.41) is 13.0. The average molecular weight is 213 g/mol. The molecule has 2 N–H and O–H groups in total. The van der Waals surface area contributed by atoms with Crippen molar-refractivity contribution >= 4 is 0 Å². The zero-order valence-corrected chi connectivity index (χ0v) is 8.26. The van der Waals surface area contributed by atoms with E-state index in [4.69, 9.17) is 0 Å². The first-order chi connectivity index (χ1) is 7.07. The Morgan fingerprint density at radius 1 is 1.27 bits per heavy atom. The van der Waals surface area contributed by atoms with Crippen LogP contribution in [0.4, 0.5) is 8.78 Å². The molecule has 1 aromatic rings. The molecule has 82 valence electrons. The van der Waals surface area contributed by atoms with Gasteiger partial charge in [-0.2, -0.15) is 0 Å². The maximum atomic E-state index is 12.9. The molecule has 0 spiro atoms.